The Labute approximate surface area is 118 Å². The molecule has 0 fully saturated rings. The molecule has 1 aromatic carbocycles. The third kappa shape index (κ3) is 2.25. The van der Waals surface area contributed by atoms with Gasteiger partial charge in [-0.05, 0) is 63.7 Å². The number of diazo groups is 1. The van der Waals surface area contributed by atoms with Crippen LogP contribution in [-0.2, 0) is 0 Å². The molecule has 15 heavy (non-hydrogen) atoms. The fourth-order valence-corrected chi connectivity index (χ4v) is 3.24. The number of halogens is 4. The zero-order valence-corrected chi connectivity index (χ0v) is 13.1. The minimum Gasteiger partial charge on any atom is -0.544 e. The highest BCUT2D eigenvalue weighted by molar-refractivity contribution is 9.15. The first-order valence-electron chi connectivity index (χ1n) is 3.34. The van der Waals surface area contributed by atoms with Gasteiger partial charge in [0.25, 0.3) is 0 Å². The van der Waals surface area contributed by atoms with Gasteiger partial charge in [0.15, 0.2) is 4.98 Å². The van der Waals surface area contributed by atoms with Gasteiger partial charge >= 0.3 is 5.69 Å². The van der Waals surface area contributed by atoms with Gasteiger partial charge in [-0.2, -0.15) is 0 Å². The maximum atomic E-state index is 10.8. The molecule has 0 aromatic heterocycles. The van der Waals surface area contributed by atoms with Crippen LogP contribution in [-0.4, -0.2) is 5.97 Å². The molecule has 78 valence electrons. The summed E-state index contributed by atoms with van der Waals surface area (Å²) in [5, 5.41) is 19.6. The van der Waals surface area contributed by atoms with Gasteiger partial charge in [-0.15, -0.1) is 0 Å². The summed E-state index contributed by atoms with van der Waals surface area (Å²) in [6.07, 6.45) is 0. The Hall–Kier alpha value is 0.0300. The number of hydrogen-bond donors (Lipinski definition) is 0. The van der Waals surface area contributed by atoms with E-state index in [-0.39, 0.29) is 15.7 Å². The number of hydrogen-bond acceptors (Lipinski definition) is 3. The van der Waals surface area contributed by atoms with Gasteiger partial charge in [0.1, 0.15) is 10.0 Å². The molecular formula is C7Br4N2O2. The highest BCUT2D eigenvalue weighted by Gasteiger charge is 2.28. The lowest BCUT2D eigenvalue weighted by Crippen LogP contribution is -2.23. The third-order valence-corrected chi connectivity index (χ3v) is 6.29. The van der Waals surface area contributed by atoms with Crippen LogP contribution in [0.4, 0.5) is 5.69 Å². The molecule has 0 saturated heterocycles. The average Bonchev–Trinajstić information content (AvgIpc) is 2.19. The summed E-state index contributed by atoms with van der Waals surface area (Å²) < 4.78 is 1.58. The molecule has 0 aliphatic carbocycles. The Morgan fingerprint density at radius 2 is 1.53 bits per heavy atom. The maximum absolute atomic E-state index is 10.8. The van der Waals surface area contributed by atoms with E-state index in [1.807, 2.05) is 0 Å². The van der Waals surface area contributed by atoms with Crippen molar-refractivity contribution in [1.29, 1.82) is 5.39 Å². The molecule has 0 radical (unpaired) electrons. The van der Waals surface area contributed by atoms with Crippen LogP contribution < -0.4 is 5.11 Å². The van der Waals surface area contributed by atoms with Crippen molar-refractivity contribution in [2.75, 3.05) is 0 Å². The summed E-state index contributed by atoms with van der Waals surface area (Å²) in [5.74, 6) is -1.44. The van der Waals surface area contributed by atoms with Crippen molar-refractivity contribution in [1.82, 2.24) is 0 Å². The Morgan fingerprint density at radius 1 is 1.07 bits per heavy atom. The fraction of sp³-hybridized carbons (Fsp3) is 0. The Bertz CT molecular complexity index is 495. The van der Waals surface area contributed by atoms with Crippen molar-refractivity contribution >= 4 is 75.4 Å². The van der Waals surface area contributed by atoms with E-state index in [1.165, 1.54) is 0 Å². The number of nitrogens with zero attached hydrogens (tertiary/aromatic N) is 2. The summed E-state index contributed by atoms with van der Waals surface area (Å²) in [5.41, 5.74) is -0.351. The molecular weight excluding hydrogens is 464 g/mol. The first-order valence-corrected chi connectivity index (χ1v) is 6.51. The lowest BCUT2D eigenvalue weighted by Gasteiger charge is -2.07. The van der Waals surface area contributed by atoms with Crippen LogP contribution in [0.1, 0.15) is 10.4 Å². The summed E-state index contributed by atoms with van der Waals surface area (Å²) in [4.78, 5) is 13.8. The van der Waals surface area contributed by atoms with Crippen molar-refractivity contribution < 1.29 is 9.90 Å². The first kappa shape index (κ1) is 13.1. The van der Waals surface area contributed by atoms with E-state index in [4.69, 9.17) is 5.39 Å². The Balaban J connectivity index is 3.80. The Morgan fingerprint density at radius 3 is 1.93 bits per heavy atom. The van der Waals surface area contributed by atoms with E-state index < -0.39 is 5.97 Å². The average molecular weight is 464 g/mol. The van der Waals surface area contributed by atoms with Crippen LogP contribution in [0.5, 0.6) is 0 Å². The molecule has 1 aromatic rings. The number of carbonyl (C=O) groups is 1. The number of aromatic carboxylic acids is 1. The second-order valence-electron chi connectivity index (χ2n) is 2.37. The van der Waals surface area contributed by atoms with Crippen LogP contribution in [0.2, 0.25) is 0 Å². The number of rotatable bonds is 1. The van der Waals surface area contributed by atoms with Gasteiger partial charge in [-0.3, -0.25) is 0 Å². The molecule has 0 bridgehead atoms. The van der Waals surface area contributed by atoms with Gasteiger partial charge in [0.2, 0.25) is 5.39 Å². The van der Waals surface area contributed by atoms with E-state index in [0.717, 1.165) is 0 Å². The molecule has 0 amide bonds. The predicted octanol–water partition coefficient (Wildman–Crippen LogP) is 3.58. The zero-order chi connectivity index (χ0) is 11.7. The molecule has 0 unspecified atom stereocenters. The SMILES string of the molecule is N#[N+]c1c(Br)c(Br)c(Br)c(Br)c1C(=O)[O-]. The molecule has 1 rings (SSSR count). The second-order valence-corrected chi connectivity index (χ2v) is 5.54. The third-order valence-electron chi connectivity index (χ3n) is 1.55. The zero-order valence-electron chi connectivity index (χ0n) is 6.72. The van der Waals surface area contributed by atoms with Crippen LogP contribution >= 0.6 is 63.7 Å². The van der Waals surface area contributed by atoms with Crippen molar-refractivity contribution in [3.8, 4) is 0 Å². The first-order chi connectivity index (χ1) is 6.91. The van der Waals surface area contributed by atoms with Crippen molar-refractivity contribution in [2.45, 2.75) is 0 Å². The van der Waals surface area contributed by atoms with E-state index in [9.17, 15) is 9.90 Å². The highest BCUT2D eigenvalue weighted by atomic mass is 79.9. The van der Waals surface area contributed by atoms with Crippen LogP contribution in [0.25, 0.3) is 4.98 Å². The van der Waals surface area contributed by atoms with Crippen LogP contribution in [0.15, 0.2) is 17.9 Å². The van der Waals surface area contributed by atoms with Gasteiger partial charge in [0.05, 0.1) is 14.9 Å². The monoisotopic (exact) mass is 460 g/mol. The fourth-order valence-electron chi connectivity index (χ4n) is 0.900. The minimum atomic E-state index is -1.44. The van der Waals surface area contributed by atoms with Crippen LogP contribution in [0.3, 0.4) is 0 Å². The van der Waals surface area contributed by atoms with E-state index >= 15 is 0 Å². The molecule has 0 aliphatic rings. The summed E-state index contributed by atoms with van der Waals surface area (Å²) in [7, 11) is 0. The second kappa shape index (κ2) is 4.91. The summed E-state index contributed by atoms with van der Waals surface area (Å²) in [6, 6.07) is 0. The topological polar surface area (TPSA) is 68.3 Å². The normalized spacial score (nSPS) is 9.80. The molecule has 8 heteroatoms. The number of carboxylic acid groups (broad SMARTS) is 1. The standard InChI is InChI=1S/C7Br4N2O2/c8-2-1(7(14)15)6(13-12)5(11)4(10)3(2)9. The molecule has 4 nitrogen and oxygen atoms in total. The lowest BCUT2D eigenvalue weighted by atomic mass is 10.2. The van der Waals surface area contributed by atoms with Crippen LogP contribution in [0, 0.1) is 5.39 Å². The Kier molecular flexibility index (Phi) is 4.29. The van der Waals surface area contributed by atoms with Gasteiger partial charge in [-0.1, -0.05) is 0 Å². The van der Waals surface area contributed by atoms with Gasteiger partial charge in [-0.25, -0.2) is 0 Å². The largest absolute Gasteiger partial charge is 0.544 e. The minimum absolute atomic E-state index is 0.114. The maximum Gasteiger partial charge on any atom is 0.410 e. The molecule has 0 spiro atoms. The van der Waals surface area contributed by atoms with Crippen molar-refractivity contribution in [3.63, 3.8) is 0 Å². The number of carboxylic acids is 1. The molecule has 0 N–H and O–H groups in total. The van der Waals surface area contributed by atoms with E-state index in [2.05, 4.69) is 68.7 Å². The number of carbonyl (C=O) groups excluding carboxylic acids is 1. The van der Waals surface area contributed by atoms with Gasteiger partial charge < -0.3 is 9.90 Å². The van der Waals surface area contributed by atoms with Crippen molar-refractivity contribution in [3.05, 3.63) is 28.4 Å². The molecule has 0 saturated carbocycles. The highest BCUT2D eigenvalue weighted by Crippen LogP contribution is 2.45. The summed E-state index contributed by atoms with van der Waals surface area (Å²) in [6.45, 7) is 0. The predicted molar refractivity (Wildman–Crippen MR) is 66.3 cm³/mol. The quantitative estimate of drug-likeness (QED) is 0.363. The number of benzene rings is 1. The van der Waals surface area contributed by atoms with E-state index in [1.54, 1.807) is 0 Å². The smallest absolute Gasteiger partial charge is 0.410 e. The van der Waals surface area contributed by atoms with E-state index in [0.29, 0.717) is 13.4 Å². The lowest BCUT2D eigenvalue weighted by molar-refractivity contribution is -0.255. The van der Waals surface area contributed by atoms with Crippen molar-refractivity contribution in [2.24, 2.45) is 0 Å². The molecule has 0 heterocycles. The molecule has 0 atom stereocenters. The van der Waals surface area contributed by atoms with Gasteiger partial charge in [0, 0.05) is 4.47 Å². The summed E-state index contributed by atoms with van der Waals surface area (Å²) >= 11 is 12.5. The molecule has 0 aliphatic heterocycles.